The number of hydrogen-bond donors (Lipinski definition) is 2. The molecule has 1 aromatic heterocycles. The first kappa shape index (κ1) is 17.1. The molecular formula is C17H21Cl2N5. The first-order valence-corrected chi connectivity index (χ1v) is 8.95. The topological polar surface area (TPSA) is 67.1 Å². The molecule has 3 N–H and O–H groups in total. The van der Waals surface area contributed by atoms with Gasteiger partial charge in [-0.1, -0.05) is 36.2 Å². The number of nitrogens with two attached hydrogens (primary N) is 1. The molecule has 5 nitrogen and oxygen atoms in total. The summed E-state index contributed by atoms with van der Waals surface area (Å²) in [6, 6.07) is 5.87. The van der Waals surface area contributed by atoms with E-state index in [1.165, 1.54) is 19.2 Å². The van der Waals surface area contributed by atoms with Crippen LogP contribution in [0.4, 0.5) is 23.0 Å². The zero-order valence-electron chi connectivity index (χ0n) is 13.6. The van der Waals surface area contributed by atoms with Crippen LogP contribution in [0.2, 0.25) is 10.0 Å². The Labute approximate surface area is 152 Å². The highest BCUT2D eigenvalue weighted by Gasteiger charge is 2.25. The van der Waals surface area contributed by atoms with Crippen LogP contribution in [0.3, 0.4) is 0 Å². The molecule has 2 aromatic rings. The molecule has 1 atom stereocenters. The Kier molecular flexibility index (Phi) is 5.31. The number of hydrogen-bond acceptors (Lipinski definition) is 5. The molecule has 0 saturated carbocycles. The van der Waals surface area contributed by atoms with Crippen LogP contribution in [-0.2, 0) is 0 Å². The van der Waals surface area contributed by atoms with Gasteiger partial charge in [0.25, 0.3) is 0 Å². The van der Waals surface area contributed by atoms with Crippen molar-refractivity contribution >= 4 is 46.2 Å². The quantitative estimate of drug-likeness (QED) is 0.807. The van der Waals surface area contributed by atoms with Gasteiger partial charge in [-0.2, -0.15) is 0 Å². The Bertz CT molecular complexity index is 722. The van der Waals surface area contributed by atoms with E-state index in [-0.39, 0.29) is 0 Å². The molecule has 0 spiro atoms. The minimum Gasteiger partial charge on any atom is -0.393 e. The predicted octanol–water partition coefficient (Wildman–Crippen LogP) is 4.88. The summed E-state index contributed by atoms with van der Waals surface area (Å²) in [7, 11) is 0. The van der Waals surface area contributed by atoms with Crippen LogP contribution in [0.25, 0.3) is 0 Å². The maximum absolute atomic E-state index is 6.36. The van der Waals surface area contributed by atoms with Crippen LogP contribution in [-0.4, -0.2) is 22.6 Å². The molecule has 1 aliphatic heterocycles. The van der Waals surface area contributed by atoms with Gasteiger partial charge in [0, 0.05) is 12.6 Å². The van der Waals surface area contributed by atoms with E-state index >= 15 is 0 Å². The van der Waals surface area contributed by atoms with Gasteiger partial charge in [-0.05, 0) is 37.8 Å². The Morgan fingerprint density at radius 3 is 2.92 bits per heavy atom. The van der Waals surface area contributed by atoms with Gasteiger partial charge in [0.1, 0.15) is 12.0 Å². The van der Waals surface area contributed by atoms with Gasteiger partial charge in [-0.25, -0.2) is 9.97 Å². The van der Waals surface area contributed by atoms with E-state index in [4.69, 9.17) is 28.9 Å². The van der Waals surface area contributed by atoms with E-state index in [0.29, 0.717) is 33.3 Å². The molecule has 1 saturated heterocycles. The fraction of sp³-hybridized carbons (Fsp3) is 0.412. The molecule has 24 heavy (non-hydrogen) atoms. The average Bonchev–Trinajstić information content (AvgIpc) is 2.60. The molecule has 0 bridgehead atoms. The van der Waals surface area contributed by atoms with Crippen LogP contribution < -0.4 is 16.0 Å². The second kappa shape index (κ2) is 7.45. The summed E-state index contributed by atoms with van der Waals surface area (Å²) < 4.78 is 0. The number of nitrogens with one attached hydrogen (secondary N) is 1. The monoisotopic (exact) mass is 365 g/mol. The molecule has 0 radical (unpaired) electrons. The van der Waals surface area contributed by atoms with Gasteiger partial charge >= 0.3 is 0 Å². The average molecular weight is 366 g/mol. The molecule has 0 amide bonds. The summed E-state index contributed by atoms with van der Waals surface area (Å²) in [6.07, 6.45) is 6.19. The molecule has 1 aromatic carbocycles. The Morgan fingerprint density at radius 2 is 2.12 bits per heavy atom. The number of halogens is 2. The number of nitrogens with zero attached hydrogens (tertiary/aromatic N) is 3. The van der Waals surface area contributed by atoms with Crippen molar-refractivity contribution in [3.05, 3.63) is 34.6 Å². The third-order valence-corrected chi connectivity index (χ3v) is 5.26. The lowest BCUT2D eigenvalue weighted by Gasteiger charge is -2.36. The molecule has 1 fully saturated rings. The minimum absolute atomic E-state index is 0.447. The Morgan fingerprint density at radius 1 is 1.29 bits per heavy atom. The highest BCUT2D eigenvalue weighted by Crippen LogP contribution is 2.36. The van der Waals surface area contributed by atoms with Crippen LogP contribution >= 0.6 is 23.2 Å². The lowest BCUT2D eigenvalue weighted by atomic mass is 10.00. The first-order valence-electron chi connectivity index (χ1n) is 8.20. The van der Waals surface area contributed by atoms with Crippen molar-refractivity contribution in [1.29, 1.82) is 0 Å². The molecule has 1 aliphatic rings. The molecule has 3 rings (SSSR count). The number of rotatable bonds is 4. The van der Waals surface area contributed by atoms with Crippen molar-refractivity contribution < 1.29 is 0 Å². The number of benzene rings is 1. The van der Waals surface area contributed by atoms with Crippen LogP contribution in [0, 0.1) is 0 Å². The van der Waals surface area contributed by atoms with Crippen molar-refractivity contribution in [3.63, 3.8) is 0 Å². The van der Waals surface area contributed by atoms with Gasteiger partial charge in [-0.3, -0.25) is 0 Å². The van der Waals surface area contributed by atoms with E-state index < -0.39 is 0 Å². The molecular weight excluding hydrogens is 345 g/mol. The summed E-state index contributed by atoms with van der Waals surface area (Å²) in [5.41, 5.74) is 7.57. The van der Waals surface area contributed by atoms with Crippen LogP contribution in [0.5, 0.6) is 0 Å². The van der Waals surface area contributed by atoms with Crippen molar-refractivity contribution in [2.75, 3.05) is 22.5 Å². The molecule has 128 valence electrons. The number of nitrogen functional groups attached to an aromatic ring is 1. The smallest absolute Gasteiger partial charge is 0.159 e. The normalized spacial score (nSPS) is 17.8. The predicted molar refractivity (Wildman–Crippen MR) is 101 cm³/mol. The Balaban J connectivity index is 1.92. The molecule has 0 aliphatic carbocycles. The van der Waals surface area contributed by atoms with Crippen molar-refractivity contribution in [2.45, 2.75) is 38.6 Å². The van der Waals surface area contributed by atoms with Gasteiger partial charge < -0.3 is 16.0 Å². The second-order valence-electron chi connectivity index (χ2n) is 5.94. The van der Waals surface area contributed by atoms with E-state index in [0.717, 1.165) is 25.2 Å². The van der Waals surface area contributed by atoms with Gasteiger partial charge in [-0.15, -0.1) is 0 Å². The fourth-order valence-corrected chi connectivity index (χ4v) is 3.49. The molecule has 2 heterocycles. The largest absolute Gasteiger partial charge is 0.393 e. The lowest BCUT2D eigenvalue weighted by molar-refractivity contribution is 0.447. The first-order chi connectivity index (χ1) is 11.6. The SMILES string of the molecule is CCC1CCCCN1c1ncnc(Nc2cccc(Cl)c2Cl)c1N. The van der Waals surface area contributed by atoms with E-state index in [1.807, 2.05) is 12.1 Å². The molecule has 1 unspecified atom stereocenters. The summed E-state index contributed by atoms with van der Waals surface area (Å²) in [5, 5.41) is 4.10. The summed E-state index contributed by atoms with van der Waals surface area (Å²) in [5.74, 6) is 1.33. The van der Waals surface area contributed by atoms with E-state index in [9.17, 15) is 0 Å². The standard InChI is InChI=1S/C17H21Cl2N5/c1-2-11-6-3-4-9-24(11)17-15(20)16(21-10-22-17)23-13-8-5-7-12(18)14(13)19/h5,7-8,10-11H,2-4,6,9,20H2,1H3,(H,21,22,23). The van der Waals surface area contributed by atoms with Crippen molar-refractivity contribution in [2.24, 2.45) is 0 Å². The summed E-state index contributed by atoms with van der Waals surface area (Å²) >= 11 is 12.3. The van der Waals surface area contributed by atoms with Crippen LogP contribution in [0.15, 0.2) is 24.5 Å². The lowest BCUT2D eigenvalue weighted by Crippen LogP contribution is -2.40. The van der Waals surface area contributed by atoms with Crippen molar-refractivity contribution in [3.8, 4) is 0 Å². The summed E-state index contributed by atoms with van der Waals surface area (Å²) in [6.45, 7) is 3.17. The number of aromatic nitrogens is 2. The van der Waals surface area contributed by atoms with Gasteiger partial charge in [0.15, 0.2) is 11.6 Å². The van der Waals surface area contributed by atoms with Crippen LogP contribution in [0.1, 0.15) is 32.6 Å². The highest BCUT2D eigenvalue weighted by atomic mass is 35.5. The minimum atomic E-state index is 0.447. The summed E-state index contributed by atoms with van der Waals surface area (Å²) in [4.78, 5) is 11.0. The third kappa shape index (κ3) is 3.37. The van der Waals surface area contributed by atoms with Gasteiger partial charge in [0.05, 0.1) is 15.7 Å². The van der Waals surface area contributed by atoms with Gasteiger partial charge in [0.2, 0.25) is 0 Å². The highest BCUT2D eigenvalue weighted by molar-refractivity contribution is 6.43. The fourth-order valence-electron chi connectivity index (χ4n) is 3.15. The maximum atomic E-state index is 6.36. The second-order valence-corrected chi connectivity index (χ2v) is 6.72. The third-order valence-electron chi connectivity index (χ3n) is 4.44. The Hall–Kier alpha value is -1.72. The van der Waals surface area contributed by atoms with E-state index in [2.05, 4.69) is 27.1 Å². The number of piperidine rings is 1. The maximum Gasteiger partial charge on any atom is 0.159 e. The molecule has 7 heteroatoms. The zero-order valence-corrected chi connectivity index (χ0v) is 15.1. The van der Waals surface area contributed by atoms with E-state index in [1.54, 1.807) is 6.07 Å². The number of anilines is 4. The zero-order chi connectivity index (χ0) is 17.1. The van der Waals surface area contributed by atoms with Crippen molar-refractivity contribution in [1.82, 2.24) is 9.97 Å².